The number of carbonyl (C=O) groups is 1. The van der Waals surface area contributed by atoms with Gasteiger partial charge in [0, 0.05) is 6.54 Å². The first kappa shape index (κ1) is 15.0. The summed E-state index contributed by atoms with van der Waals surface area (Å²) < 4.78 is 0. The van der Waals surface area contributed by atoms with Crippen LogP contribution in [0.3, 0.4) is 0 Å². The van der Waals surface area contributed by atoms with Gasteiger partial charge in [-0.3, -0.25) is 4.79 Å². The third-order valence-corrected chi connectivity index (χ3v) is 4.50. The Hall–Kier alpha value is -1.87. The maximum atomic E-state index is 12.2. The van der Waals surface area contributed by atoms with Gasteiger partial charge in [0.1, 0.15) is 0 Å². The number of piperidine rings is 1. The van der Waals surface area contributed by atoms with Crippen molar-refractivity contribution in [3.8, 4) is 0 Å². The highest BCUT2D eigenvalue weighted by atomic mass is 16.1. The second kappa shape index (κ2) is 7.41. The van der Waals surface area contributed by atoms with Crippen LogP contribution in [0.1, 0.15) is 24.8 Å². The maximum absolute atomic E-state index is 12.2. The number of fused-ring (bicyclic) bond motifs is 1. The SMILES string of the molecule is O=C(Cc1cccc2ccccc12)NCCC1CCCNC1. The molecule has 1 aliphatic heterocycles. The summed E-state index contributed by atoms with van der Waals surface area (Å²) in [6.45, 7) is 3.03. The molecule has 0 radical (unpaired) electrons. The predicted octanol–water partition coefficient (Wildman–Crippen LogP) is 2.89. The van der Waals surface area contributed by atoms with Crippen LogP contribution in [-0.4, -0.2) is 25.5 Å². The zero-order valence-electron chi connectivity index (χ0n) is 13.0. The molecule has 0 aliphatic carbocycles. The molecule has 0 saturated carbocycles. The zero-order valence-corrected chi connectivity index (χ0v) is 13.0. The molecule has 1 atom stereocenters. The summed E-state index contributed by atoms with van der Waals surface area (Å²) in [7, 11) is 0. The largest absolute Gasteiger partial charge is 0.356 e. The molecule has 0 spiro atoms. The fourth-order valence-corrected chi connectivity index (χ4v) is 3.27. The van der Waals surface area contributed by atoms with Crippen molar-refractivity contribution in [1.29, 1.82) is 0 Å². The zero-order chi connectivity index (χ0) is 15.2. The standard InChI is InChI=1S/C19H24N2O/c22-19(21-12-10-15-5-4-11-20-14-15)13-17-8-3-7-16-6-1-2-9-18(16)17/h1-3,6-9,15,20H,4-5,10-14H2,(H,21,22). The van der Waals surface area contributed by atoms with Crippen molar-refractivity contribution in [1.82, 2.24) is 10.6 Å². The molecule has 1 aliphatic rings. The molecule has 3 rings (SSSR count). The van der Waals surface area contributed by atoms with Crippen molar-refractivity contribution >= 4 is 16.7 Å². The summed E-state index contributed by atoms with van der Waals surface area (Å²) >= 11 is 0. The molecule has 1 fully saturated rings. The fraction of sp³-hybridized carbons (Fsp3) is 0.421. The number of nitrogens with one attached hydrogen (secondary N) is 2. The minimum atomic E-state index is 0.125. The molecule has 3 nitrogen and oxygen atoms in total. The minimum absolute atomic E-state index is 0.125. The number of rotatable bonds is 5. The van der Waals surface area contributed by atoms with Crippen molar-refractivity contribution in [2.24, 2.45) is 5.92 Å². The highest BCUT2D eigenvalue weighted by Crippen LogP contribution is 2.19. The Morgan fingerprint density at radius 3 is 2.91 bits per heavy atom. The van der Waals surface area contributed by atoms with Gasteiger partial charge >= 0.3 is 0 Å². The lowest BCUT2D eigenvalue weighted by atomic mass is 9.96. The minimum Gasteiger partial charge on any atom is -0.356 e. The van der Waals surface area contributed by atoms with E-state index in [4.69, 9.17) is 0 Å². The fourth-order valence-electron chi connectivity index (χ4n) is 3.27. The normalized spacial score (nSPS) is 18.3. The molecule has 1 heterocycles. The quantitative estimate of drug-likeness (QED) is 0.891. The molecule has 2 N–H and O–H groups in total. The van der Waals surface area contributed by atoms with Gasteiger partial charge in [0.05, 0.1) is 6.42 Å². The van der Waals surface area contributed by atoms with E-state index >= 15 is 0 Å². The van der Waals surface area contributed by atoms with Gasteiger partial charge in [-0.2, -0.15) is 0 Å². The van der Waals surface area contributed by atoms with Crippen LogP contribution in [0.25, 0.3) is 10.8 Å². The Morgan fingerprint density at radius 1 is 1.18 bits per heavy atom. The van der Waals surface area contributed by atoms with Crippen molar-refractivity contribution in [3.63, 3.8) is 0 Å². The van der Waals surface area contributed by atoms with Crippen molar-refractivity contribution in [3.05, 3.63) is 48.0 Å². The summed E-state index contributed by atoms with van der Waals surface area (Å²) in [5.41, 5.74) is 1.11. The van der Waals surface area contributed by atoms with Gasteiger partial charge in [-0.1, -0.05) is 42.5 Å². The van der Waals surface area contributed by atoms with Crippen LogP contribution in [0.5, 0.6) is 0 Å². The molecule has 1 saturated heterocycles. The van der Waals surface area contributed by atoms with Crippen LogP contribution in [0.2, 0.25) is 0 Å². The molecule has 116 valence electrons. The van der Waals surface area contributed by atoms with Crippen molar-refractivity contribution in [2.45, 2.75) is 25.7 Å². The predicted molar refractivity (Wildman–Crippen MR) is 90.9 cm³/mol. The van der Waals surface area contributed by atoms with Crippen LogP contribution < -0.4 is 10.6 Å². The molecule has 22 heavy (non-hydrogen) atoms. The summed E-state index contributed by atoms with van der Waals surface area (Å²) in [6, 6.07) is 14.4. The molecule has 0 aromatic heterocycles. The molecule has 0 bridgehead atoms. The highest BCUT2D eigenvalue weighted by molar-refractivity contribution is 5.90. The second-order valence-corrected chi connectivity index (χ2v) is 6.17. The van der Waals surface area contributed by atoms with E-state index in [1.165, 1.54) is 23.6 Å². The topological polar surface area (TPSA) is 41.1 Å². The van der Waals surface area contributed by atoms with Gasteiger partial charge in [-0.25, -0.2) is 0 Å². The van der Waals surface area contributed by atoms with Crippen LogP contribution in [0.4, 0.5) is 0 Å². The molecule has 3 heteroatoms. The van der Waals surface area contributed by atoms with E-state index in [9.17, 15) is 4.79 Å². The molecule has 2 aromatic rings. The third-order valence-electron chi connectivity index (χ3n) is 4.50. The number of amides is 1. The molecule has 1 unspecified atom stereocenters. The van der Waals surface area contributed by atoms with E-state index in [0.717, 1.165) is 31.6 Å². The van der Waals surface area contributed by atoms with E-state index < -0.39 is 0 Å². The Labute approximate surface area is 132 Å². The first-order chi connectivity index (χ1) is 10.8. The van der Waals surface area contributed by atoms with Gasteiger partial charge in [0.2, 0.25) is 5.91 Å². The molecule has 1 amide bonds. The first-order valence-electron chi connectivity index (χ1n) is 8.27. The van der Waals surface area contributed by atoms with Crippen LogP contribution in [0, 0.1) is 5.92 Å². The summed E-state index contributed by atoms with van der Waals surface area (Å²) in [6.07, 6.45) is 4.08. The van der Waals surface area contributed by atoms with Gasteiger partial charge in [0.15, 0.2) is 0 Å². The number of hydrogen-bond donors (Lipinski definition) is 2. The van der Waals surface area contributed by atoms with E-state index in [-0.39, 0.29) is 5.91 Å². The summed E-state index contributed by atoms with van der Waals surface area (Å²) in [5.74, 6) is 0.840. The average Bonchev–Trinajstić information content (AvgIpc) is 2.56. The van der Waals surface area contributed by atoms with E-state index in [0.29, 0.717) is 12.3 Å². The molecular weight excluding hydrogens is 272 g/mol. The van der Waals surface area contributed by atoms with E-state index in [1.54, 1.807) is 0 Å². The Bertz CT molecular complexity index is 627. The van der Waals surface area contributed by atoms with Gasteiger partial charge < -0.3 is 10.6 Å². The molecule has 2 aromatic carbocycles. The Balaban J connectivity index is 1.52. The summed E-state index contributed by atoms with van der Waals surface area (Å²) in [4.78, 5) is 12.2. The Morgan fingerprint density at radius 2 is 2.05 bits per heavy atom. The average molecular weight is 296 g/mol. The third kappa shape index (κ3) is 3.86. The van der Waals surface area contributed by atoms with Crippen LogP contribution >= 0.6 is 0 Å². The van der Waals surface area contributed by atoms with E-state index in [1.807, 2.05) is 24.3 Å². The smallest absolute Gasteiger partial charge is 0.224 e. The summed E-state index contributed by atoms with van der Waals surface area (Å²) in [5, 5.41) is 8.87. The lowest BCUT2D eigenvalue weighted by Gasteiger charge is -2.22. The van der Waals surface area contributed by atoms with Crippen LogP contribution in [-0.2, 0) is 11.2 Å². The number of hydrogen-bond acceptors (Lipinski definition) is 2. The van der Waals surface area contributed by atoms with E-state index in [2.05, 4.69) is 28.8 Å². The number of benzene rings is 2. The van der Waals surface area contributed by atoms with Gasteiger partial charge in [-0.05, 0) is 54.6 Å². The Kier molecular flexibility index (Phi) is 5.07. The lowest BCUT2D eigenvalue weighted by molar-refractivity contribution is -0.120. The first-order valence-corrected chi connectivity index (χ1v) is 8.27. The monoisotopic (exact) mass is 296 g/mol. The van der Waals surface area contributed by atoms with Crippen molar-refractivity contribution < 1.29 is 4.79 Å². The van der Waals surface area contributed by atoms with Crippen molar-refractivity contribution in [2.75, 3.05) is 19.6 Å². The van der Waals surface area contributed by atoms with Gasteiger partial charge in [0.25, 0.3) is 0 Å². The maximum Gasteiger partial charge on any atom is 0.224 e. The van der Waals surface area contributed by atoms with Crippen LogP contribution in [0.15, 0.2) is 42.5 Å². The molecular formula is C19H24N2O. The lowest BCUT2D eigenvalue weighted by Crippen LogP contribution is -2.33. The highest BCUT2D eigenvalue weighted by Gasteiger charge is 2.13. The number of carbonyl (C=O) groups excluding carboxylic acids is 1. The second-order valence-electron chi connectivity index (χ2n) is 6.17. The van der Waals surface area contributed by atoms with Gasteiger partial charge in [-0.15, -0.1) is 0 Å².